The Morgan fingerprint density at radius 2 is 1.82 bits per heavy atom. The van der Waals surface area contributed by atoms with Crippen molar-refractivity contribution in [2.75, 3.05) is 0 Å². The number of hydrogen-bond acceptors (Lipinski definition) is 2. The lowest BCUT2D eigenvalue weighted by Gasteiger charge is -2.57. The highest BCUT2D eigenvalue weighted by Gasteiger charge is 2.70. The summed E-state index contributed by atoms with van der Waals surface area (Å²) in [5.41, 5.74) is 1.68. The van der Waals surface area contributed by atoms with Gasteiger partial charge in [-0.1, -0.05) is 19.4 Å². The number of fused-ring (bicyclic) bond motifs is 7. The van der Waals surface area contributed by atoms with Crippen LogP contribution in [0.5, 0.6) is 0 Å². The Morgan fingerprint density at radius 1 is 1.00 bits per heavy atom. The third-order valence-electron chi connectivity index (χ3n) is 8.41. The Hall–Kier alpha value is -0.920. The van der Waals surface area contributed by atoms with Crippen molar-refractivity contribution in [2.24, 2.45) is 40.4 Å². The normalized spacial score (nSPS) is 55.7. The molecule has 0 saturated heterocycles. The van der Waals surface area contributed by atoms with E-state index in [4.69, 9.17) is 0 Å². The number of Topliss-reactive ketones (excluding diaryl/α,β-unsaturated/α-hetero) is 1. The molecule has 118 valence electrons. The van der Waals surface area contributed by atoms with Crippen LogP contribution in [0.15, 0.2) is 11.6 Å². The van der Waals surface area contributed by atoms with Gasteiger partial charge in [0.2, 0.25) is 0 Å². The third-order valence-corrected chi connectivity index (χ3v) is 8.41. The fraction of sp³-hybridized carbons (Fsp3) is 0.800. The van der Waals surface area contributed by atoms with E-state index in [0.717, 1.165) is 31.6 Å². The van der Waals surface area contributed by atoms with Crippen LogP contribution in [0.25, 0.3) is 0 Å². The minimum atomic E-state index is -0.00316. The first-order valence-corrected chi connectivity index (χ1v) is 9.23. The molecule has 4 saturated carbocycles. The molecule has 5 rings (SSSR count). The molecule has 0 aromatic carbocycles. The van der Waals surface area contributed by atoms with E-state index >= 15 is 0 Å². The molecule has 0 amide bonds. The van der Waals surface area contributed by atoms with Crippen molar-refractivity contribution in [3.05, 3.63) is 11.6 Å². The van der Waals surface area contributed by atoms with Crippen molar-refractivity contribution >= 4 is 11.6 Å². The topological polar surface area (TPSA) is 34.1 Å². The van der Waals surface area contributed by atoms with Gasteiger partial charge in [-0.05, 0) is 73.7 Å². The highest BCUT2D eigenvalue weighted by molar-refractivity contribution is 5.93. The summed E-state index contributed by atoms with van der Waals surface area (Å²) < 4.78 is 0. The summed E-state index contributed by atoms with van der Waals surface area (Å²) in [5, 5.41) is 0. The maximum Gasteiger partial charge on any atom is 0.155 e. The first-order valence-electron chi connectivity index (χ1n) is 9.23. The lowest BCUT2D eigenvalue weighted by molar-refractivity contribution is -0.136. The van der Waals surface area contributed by atoms with Crippen LogP contribution >= 0.6 is 0 Å². The van der Waals surface area contributed by atoms with Gasteiger partial charge in [0.15, 0.2) is 5.78 Å². The maximum atomic E-state index is 12.7. The van der Waals surface area contributed by atoms with Crippen LogP contribution in [0, 0.1) is 40.4 Å². The first kappa shape index (κ1) is 13.5. The minimum absolute atomic E-state index is 0.00316. The minimum Gasteiger partial charge on any atom is -0.299 e. The predicted molar refractivity (Wildman–Crippen MR) is 84.1 cm³/mol. The molecule has 7 atom stereocenters. The highest BCUT2D eigenvalue weighted by atomic mass is 16.1. The molecule has 0 aromatic rings. The van der Waals surface area contributed by atoms with Crippen LogP contribution in [0.3, 0.4) is 0 Å². The number of rotatable bonds is 0. The number of hydrogen-bond donors (Lipinski definition) is 0. The molecule has 2 nitrogen and oxygen atoms in total. The molecule has 22 heavy (non-hydrogen) atoms. The van der Waals surface area contributed by atoms with Gasteiger partial charge in [0, 0.05) is 17.8 Å². The average molecular weight is 298 g/mol. The van der Waals surface area contributed by atoms with Gasteiger partial charge >= 0.3 is 0 Å². The van der Waals surface area contributed by atoms with Gasteiger partial charge in [0.25, 0.3) is 0 Å². The quantitative estimate of drug-likeness (QED) is 0.678. The van der Waals surface area contributed by atoms with Gasteiger partial charge in [0.1, 0.15) is 5.78 Å². The van der Waals surface area contributed by atoms with E-state index in [0.29, 0.717) is 35.2 Å². The summed E-state index contributed by atoms with van der Waals surface area (Å²) in [7, 11) is 0. The fourth-order valence-electron chi connectivity index (χ4n) is 7.22. The number of carbonyl (C=O) groups is 2. The van der Waals surface area contributed by atoms with Gasteiger partial charge in [-0.2, -0.15) is 0 Å². The number of ketones is 2. The summed E-state index contributed by atoms with van der Waals surface area (Å²) in [6.07, 6.45) is 9.55. The van der Waals surface area contributed by atoms with E-state index in [2.05, 4.69) is 13.8 Å². The monoisotopic (exact) mass is 298 g/mol. The van der Waals surface area contributed by atoms with E-state index in [-0.39, 0.29) is 10.8 Å². The molecule has 0 radical (unpaired) electrons. The zero-order valence-corrected chi connectivity index (χ0v) is 13.7. The van der Waals surface area contributed by atoms with E-state index < -0.39 is 0 Å². The van der Waals surface area contributed by atoms with Crippen LogP contribution in [0.2, 0.25) is 0 Å². The highest BCUT2D eigenvalue weighted by Crippen LogP contribution is 2.71. The van der Waals surface area contributed by atoms with E-state index in [9.17, 15) is 9.59 Å². The third kappa shape index (κ3) is 1.43. The SMILES string of the molecule is CC12CCC(=O)C=C1CCC1C2CCC2(C)C(=O)C3CC3C12. The number of allylic oxidation sites excluding steroid dienone is 1. The van der Waals surface area contributed by atoms with Gasteiger partial charge in [0.05, 0.1) is 0 Å². The van der Waals surface area contributed by atoms with Crippen molar-refractivity contribution in [3.63, 3.8) is 0 Å². The van der Waals surface area contributed by atoms with Gasteiger partial charge < -0.3 is 0 Å². The van der Waals surface area contributed by atoms with Crippen LogP contribution in [-0.4, -0.2) is 11.6 Å². The molecule has 5 aliphatic carbocycles. The maximum absolute atomic E-state index is 12.7. The zero-order chi connectivity index (χ0) is 15.3. The van der Waals surface area contributed by atoms with Crippen LogP contribution in [0.1, 0.15) is 58.8 Å². The van der Waals surface area contributed by atoms with Crippen molar-refractivity contribution < 1.29 is 9.59 Å². The van der Waals surface area contributed by atoms with Crippen LogP contribution < -0.4 is 0 Å². The second-order valence-electron chi connectivity index (χ2n) is 9.21. The molecule has 0 spiro atoms. The molecule has 0 bridgehead atoms. The predicted octanol–water partition coefficient (Wildman–Crippen LogP) is 3.94. The Balaban J connectivity index is 1.55. The summed E-state index contributed by atoms with van der Waals surface area (Å²) in [5.74, 6) is 4.17. The van der Waals surface area contributed by atoms with Crippen LogP contribution in [0.4, 0.5) is 0 Å². The second-order valence-corrected chi connectivity index (χ2v) is 9.21. The fourth-order valence-corrected chi connectivity index (χ4v) is 7.22. The van der Waals surface area contributed by atoms with Crippen molar-refractivity contribution in [1.82, 2.24) is 0 Å². The lowest BCUT2D eigenvalue weighted by atomic mass is 9.47. The standard InChI is InChI=1S/C20H26O2/c1-19-7-5-12(21)9-11(19)3-4-13-16(19)6-8-20(2)17(13)14-10-15(14)18(20)22/h9,13-17H,3-8,10H2,1-2H3. The molecule has 2 heteroatoms. The molecule has 5 aliphatic rings. The molecular formula is C20H26O2. The molecule has 4 fully saturated rings. The second kappa shape index (κ2) is 3.94. The summed E-state index contributed by atoms with van der Waals surface area (Å²) >= 11 is 0. The van der Waals surface area contributed by atoms with Crippen molar-refractivity contribution in [3.8, 4) is 0 Å². The molecule has 0 aliphatic heterocycles. The Morgan fingerprint density at radius 3 is 2.64 bits per heavy atom. The summed E-state index contributed by atoms with van der Waals surface area (Å²) in [6, 6.07) is 0. The van der Waals surface area contributed by atoms with E-state index in [1.165, 1.54) is 24.8 Å². The Labute approximate surface area is 132 Å². The number of carbonyl (C=O) groups excluding carboxylic acids is 2. The molecule has 7 unspecified atom stereocenters. The summed E-state index contributed by atoms with van der Waals surface area (Å²) in [4.78, 5) is 24.6. The molecular weight excluding hydrogens is 272 g/mol. The van der Waals surface area contributed by atoms with Gasteiger partial charge in [-0.3, -0.25) is 9.59 Å². The summed E-state index contributed by atoms with van der Waals surface area (Å²) in [6.45, 7) is 4.70. The largest absolute Gasteiger partial charge is 0.299 e. The van der Waals surface area contributed by atoms with E-state index in [1.807, 2.05) is 6.08 Å². The average Bonchev–Trinajstić information content (AvgIpc) is 3.22. The molecule has 0 N–H and O–H groups in total. The van der Waals surface area contributed by atoms with E-state index in [1.54, 1.807) is 0 Å². The van der Waals surface area contributed by atoms with Gasteiger partial charge in [-0.25, -0.2) is 0 Å². The Bertz CT molecular complexity index is 617. The molecule has 0 heterocycles. The Kier molecular flexibility index (Phi) is 2.42. The van der Waals surface area contributed by atoms with Crippen molar-refractivity contribution in [2.45, 2.75) is 58.8 Å². The van der Waals surface area contributed by atoms with Gasteiger partial charge in [-0.15, -0.1) is 0 Å². The smallest absolute Gasteiger partial charge is 0.155 e. The molecule has 0 aromatic heterocycles. The lowest BCUT2D eigenvalue weighted by Crippen LogP contribution is -2.51. The zero-order valence-electron chi connectivity index (χ0n) is 13.7. The van der Waals surface area contributed by atoms with Crippen LogP contribution in [-0.2, 0) is 9.59 Å². The first-order chi connectivity index (χ1) is 10.4. The van der Waals surface area contributed by atoms with Crippen molar-refractivity contribution in [1.29, 1.82) is 0 Å².